The van der Waals surface area contributed by atoms with Crippen LogP contribution in [0, 0.1) is 11.6 Å². The van der Waals surface area contributed by atoms with Crippen LogP contribution in [0.3, 0.4) is 0 Å². The Kier molecular flexibility index (Phi) is 5.43. The second-order valence-electron chi connectivity index (χ2n) is 5.42. The maximum atomic E-state index is 13.6. The normalized spacial score (nSPS) is 16.9. The van der Waals surface area contributed by atoms with E-state index in [2.05, 4.69) is 5.32 Å². The number of rotatable bonds is 4. The van der Waals surface area contributed by atoms with E-state index in [4.69, 9.17) is 5.73 Å². The fourth-order valence-corrected chi connectivity index (χ4v) is 2.43. The Labute approximate surface area is 127 Å². The van der Waals surface area contributed by atoms with E-state index in [1.807, 2.05) is 0 Å². The molecule has 3 N–H and O–H groups in total. The molecule has 22 heavy (non-hydrogen) atoms. The Bertz CT molecular complexity index is 566. The molecule has 2 rings (SSSR count). The molecule has 0 aromatic heterocycles. The fourth-order valence-electron chi connectivity index (χ4n) is 2.43. The molecule has 120 valence electrons. The molecule has 1 atom stereocenters. The largest absolute Gasteiger partial charge is 0.354 e. The van der Waals surface area contributed by atoms with Gasteiger partial charge in [-0.05, 0) is 36.6 Å². The van der Waals surface area contributed by atoms with E-state index in [1.54, 1.807) is 0 Å². The molecule has 1 aliphatic rings. The van der Waals surface area contributed by atoms with Crippen molar-refractivity contribution in [2.75, 3.05) is 19.6 Å². The summed E-state index contributed by atoms with van der Waals surface area (Å²) in [4.78, 5) is 25.0. The lowest BCUT2D eigenvalue weighted by Crippen LogP contribution is -2.40. The van der Waals surface area contributed by atoms with Gasteiger partial charge in [-0.15, -0.1) is 0 Å². The van der Waals surface area contributed by atoms with Crippen molar-refractivity contribution in [1.29, 1.82) is 0 Å². The summed E-state index contributed by atoms with van der Waals surface area (Å²) in [5.74, 6) is -1.53. The van der Waals surface area contributed by atoms with Gasteiger partial charge >= 0.3 is 0 Å². The van der Waals surface area contributed by atoms with E-state index in [0.29, 0.717) is 19.5 Å². The molecule has 0 saturated carbocycles. The molecule has 1 fully saturated rings. The molecule has 1 aliphatic heterocycles. The van der Waals surface area contributed by atoms with Crippen molar-refractivity contribution in [2.45, 2.75) is 25.3 Å². The minimum absolute atomic E-state index is 0.0107. The first-order valence-corrected chi connectivity index (χ1v) is 7.19. The minimum Gasteiger partial charge on any atom is -0.354 e. The second kappa shape index (κ2) is 7.31. The topological polar surface area (TPSA) is 75.4 Å². The zero-order valence-electron chi connectivity index (χ0n) is 12.1. The molecular weight excluding hydrogens is 292 g/mol. The molecule has 0 aliphatic carbocycles. The van der Waals surface area contributed by atoms with Crippen molar-refractivity contribution in [2.24, 2.45) is 5.73 Å². The van der Waals surface area contributed by atoms with Crippen molar-refractivity contribution in [3.05, 3.63) is 35.4 Å². The molecule has 1 aromatic rings. The Balaban J connectivity index is 1.93. The number of halogens is 2. The van der Waals surface area contributed by atoms with Gasteiger partial charge in [0, 0.05) is 25.6 Å². The molecule has 1 saturated heterocycles. The van der Waals surface area contributed by atoms with Gasteiger partial charge in [-0.1, -0.05) is 0 Å². The van der Waals surface area contributed by atoms with E-state index in [-0.39, 0.29) is 36.8 Å². The van der Waals surface area contributed by atoms with Gasteiger partial charge in [-0.3, -0.25) is 9.59 Å². The van der Waals surface area contributed by atoms with Crippen molar-refractivity contribution in [3.63, 3.8) is 0 Å². The van der Waals surface area contributed by atoms with Gasteiger partial charge in [0.1, 0.15) is 11.6 Å². The van der Waals surface area contributed by atoms with Crippen LogP contribution in [0.5, 0.6) is 0 Å². The summed E-state index contributed by atoms with van der Waals surface area (Å²) in [6.45, 7) is 1.04. The average Bonchev–Trinajstić information content (AvgIpc) is 2.67. The summed E-state index contributed by atoms with van der Waals surface area (Å²) in [6, 6.07) is 2.53. The van der Waals surface area contributed by atoms with Crippen molar-refractivity contribution >= 4 is 11.8 Å². The summed E-state index contributed by atoms with van der Waals surface area (Å²) in [5, 5.41) is 2.68. The smallest absolute Gasteiger partial charge is 0.239 e. The highest BCUT2D eigenvalue weighted by atomic mass is 19.1. The van der Waals surface area contributed by atoms with Crippen LogP contribution in [-0.4, -0.2) is 42.4 Å². The number of nitrogens with zero attached hydrogens (tertiary/aromatic N) is 1. The molecule has 7 heteroatoms. The molecule has 2 amide bonds. The summed E-state index contributed by atoms with van der Waals surface area (Å²) in [6.07, 6.45) is 0.740. The Hall–Kier alpha value is -2.02. The highest BCUT2D eigenvalue weighted by Gasteiger charge is 2.22. The van der Waals surface area contributed by atoms with Gasteiger partial charge in [0.2, 0.25) is 11.8 Å². The van der Waals surface area contributed by atoms with Crippen LogP contribution in [0.15, 0.2) is 18.2 Å². The number of amides is 2. The molecule has 0 spiro atoms. The predicted molar refractivity (Wildman–Crippen MR) is 76.9 cm³/mol. The first-order chi connectivity index (χ1) is 10.5. The van der Waals surface area contributed by atoms with Crippen molar-refractivity contribution < 1.29 is 18.4 Å². The lowest BCUT2D eigenvalue weighted by atomic mass is 10.0. The van der Waals surface area contributed by atoms with Crippen LogP contribution in [0.2, 0.25) is 0 Å². The van der Waals surface area contributed by atoms with Crippen molar-refractivity contribution in [3.8, 4) is 0 Å². The SMILES string of the molecule is N[C@@H](CC(=O)N1CCCNC(=O)C1)Cc1cc(F)ccc1F. The maximum absolute atomic E-state index is 13.6. The molecule has 1 heterocycles. The summed E-state index contributed by atoms with van der Waals surface area (Å²) in [7, 11) is 0. The number of nitrogens with one attached hydrogen (secondary N) is 1. The highest BCUT2D eigenvalue weighted by molar-refractivity contribution is 5.85. The molecule has 0 radical (unpaired) electrons. The number of carbonyl (C=O) groups excluding carboxylic acids is 2. The zero-order valence-corrected chi connectivity index (χ0v) is 12.1. The summed E-state index contributed by atoms with van der Waals surface area (Å²) >= 11 is 0. The first-order valence-electron chi connectivity index (χ1n) is 7.19. The van der Waals surface area contributed by atoms with Crippen LogP contribution >= 0.6 is 0 Å². The van der Waals surface area contributed by atoms with E-state index in [1.165, 1.54) is 4.90 Å². The third kappa shape index (κ3) is 4.49. The quantitative estimate of drug-likeness (QED) is 0.854. The Morgan fingerprint density at radius 1 is 1.41 bits per heavy atom. The van der Waals surface area contributed by atoms with Crippen LogP contribution < -0.4 is 11.1 Å². The van der Waals surface area contributed by atoms with Gasteiger partial charge in [-0.2, -0.15) is 0 Å². The number of hydrogen-bond donors (Lipinski definition) is 2. The van der Waals surface area contributed by atoms with Gasteiger partial charge < -0.3 is 16.0 Å². The fraction of sp³-hybridized carbons (Fsp3) is 0.467. The summed E-state index contributed by atoms with van der Waals surface area (Å²) < 4.78 is 26.7. The molecule has 0 unspecified atom stereocenters. The predicted octanol–water partition coefficient (Wildman–Crippen LogP) is 0.573. The van der Waals surface area contributed by atoms with Crippen molar-refractivity contribution in [1.82, 2.24) is 10.2 Å². The molecule has 0 bridgehead atoms. The monoisotopic (exact) mass is 311 g/mol. The zero-order chi connectivity index (χ0) is 16.1. The highest BCUT2D eigenvalue weighted by Crippen LogP contribution is 2.13. The van der Waals surface area contributed by atoms with E-state index < -0.39 is 17.7 Å². The lowest BCUT2D eigenvalue weighted by molar-refractivity contribution is -0.135. The second-order valence-corrected chi connectivity index (χ2v) is 5.42. The number of nitrogens with two attached hydrogens (primary N) is 1. The van der Waals surface area contributed by atoms with E-state index in [0.717, 1.165) is 18.2 Å². The van der Waals surface area contributed by atoms with Gasteiger partial charge in [0.25, 0.3) is 0 Å². The molecule has 5 nitrogen and oxygen atoms in total. The summed E-state index contributed by atoms with van der Waals surface area (Å²) in [5.41, 5.74) is 6.02. The van der Waals surface area contributed by atoms with Crippen LogP contribution in [0.1, 0.15) is 18.4 Å². The first kappa shape index (κ1) is 16.4. The Morgan fingerprint density at radius 3 is 2.95 bits per heavy atom. The molecule has 1 aromatic carbocycles. The van der Waals surface area contributed by atoms with Gasteiger partial charge in [-0.25, -0.2) is 8.78 Å². The lowest BCUT2D eigenvalue weighted by Gasteiger charge is -2.21. The number of carbonyl (C=O) groups is 2. The van der Waals surface area contributed by atoms with Gasteiger partial charge in [0.05, 0.1) is 6.54 Å². The number of benzene rings is 1. The number of hydrogen-bond acceptors (Lipinski definition) is 3. The van der Waals surface area contributed by atoms with E-state index in [9.17, 15) is 18.4 Å². The van der Waals surface area contributed by atoms with Crippen LogP contribution in [-0.2, 0) is 16.0 Å². The van der Waals surface area contributed by atoms with Crippen LogP contribution in [0.4, 0.5) is 8.78 Å². The maximum Gasteiger partial charge on any atom is 0.239 e. The Morgan fingerprint density at radius 2 is 2.18 bits per heavy atom. The third-order valence-electron chi connectivity index (χ3n) is 3.54. The van der Waals surface area contributed by atoms with Gasteiger partial charge in [0.15, 0.2) is 0 Å². The minimum atomic E-state index is -0.630. The third-order valence-corrected chi connectivity index (χ3v) is 3.54. The standard InChI is InChI=1S/C15H19F2N3O2/c16-11-2-3-13(17)10(6-11)7-12(18)8-15(22)20-5-1-4-19-14(21)9-20/h2-3,6,12H,1,4-5,7-9,18H2,(H,19,21)/t12-/m1/s1. The average molecular weight is 311 g/mol. The van der Waals surface area contributed by atoms with E-state index >= 15 is 0 Å². The molecular formula is C15H19F2N3O2. The van der Waals surface area contributed by atoms with Crippen LogP contribution in [0.25, 0.3) is 0 Å².